The summed E-state index contributed by atoms with van der Waals surface area (Å²) in [5.41, 5.74) is 0.856. The van der Waals surface area contributed by atoms with E-state index in [1.165, 1.54) is 6.08 Å². The fourth-order valence-electron chi connectivity index (χ4n) is 5.31. The van der Waals surface area contributed by atoms with E-state index in [2.05, 4.69) is 0 Å². The topological polar surface area (TPSA) is 88.1 Å². The number of hydrogen-bond acceptors (Lipinski definition) is 7. The molecule has 0 unspecified atom stereocenters. The molecule has 0 fully saturated rings. The highest BCUT2D eigenvalue weighted by atomic mass is 31.2. The summed E-state index contributed by atoms with van der Waals surface area (Å²) in [6, 6.07) is 23.5. The first-order valence-electron chi connectivity index (χ1n) is 13.0. The average molecular weight is 559 g/mol. The highest BCUT2D eigenvalue weighted by Crippen LogP contribution is 2.59. The highest BCUT2D eigenvalue weighted by molar-refractivity contribution is 7.48. The second-order valence-corrected chi connectivity index (χ2v) is 12.1. The van der Waals surface area contributed by atoms with Crippen molar-refractivity contribution in [3.8, 4) is 5.75 Å². The average Bonchev–Trinajstić information content (AvgIpc) is 2.97. The number of phosphoric acid groups is 1. The lowest BCUT2D eigenvalue weighted by Gasteiger charge is -2.45. The van der Waals surface area contributed by atoms with Crippen molar-refractivity contribution in [2.24, 2.45) is 5.41 Å². The van der Waals surface area contributed by atoms with Crippen LogP contribution in [0, 0.1) is 5.41 Å². The SMILES string of the molecule is COc1ccc2c(c1)[C@@]1(C)C=CC(=O)C(C)(C)C1=C(OP(=O)(OCc1ccccc1)OCc1ccccc1)C2=O. The Kier molecular flexibility index (Phi) is 7.40. The third-order valence-corrected chi connectivity index (χ3v) is 8.76. The number of carbonyl (C=O) groups is 2. The lowest BCUT2D eigenvalue weighted by molar-refractivity contribution is -0.121. The molecule has 0 radical (unpaired) electrons. The van der Waals surface area contributed by atoms with Gasteiger partial charge in [0.25, 0.3) is 0 Å². The molecule has 0 saturated carbocycles. The summed E-state index contributed by atoms with van der Waals surface area (Å²) < 4.78 is 37.5. The van der Waals surface area contributed by atoms with Gasteiger partial charge < -0.3 is 9.26 Å². The van der Waals surface area contributed by atoms with Crippen LogP contribution >= 0.6 is 7.82 Å². The minimum Gasteiger partial charge on any atom is -0.497 e. The van der Waals surface area contributed by atoms with Gasteiger partial charge in [0.1, 0.15) is 5.75 Å². The summed E-state index contributed by atoms with van der Waals surface area (Å²) in [4.78, 5) is 27.2. The van der Waals surface area contributed by atoms with E-state index in [1.807, 2.05) is 67.6 Å². The van der Waals surface area contributed by atoms with Crippen LogP contribution in [0.25, 0.3) is 0 Å². The van der Waals surface area contributed by atoms with Crippen molar-refractivity contribution in [2.45, 2.75) is 39.4 Å². The molecule has 0 N–H and O–H groups in total. The normalized spacial score (nSPS) is 19.7. The van der Waals surface area contributed by atoms with Crippen LogP contribution in [0.5, 0.6) is 5.75 Å². The monoisotopic (exact) mass is 558 g/mol. The molecule has 5 rings (SSSR count). The zero-order chi connectivity index (χ0) is 28.5. The first kappa shape index (κ1) is 27.8. The molecule has 3 aromatic carbocycles. The second kappa shape index (κ2) is 10.7. The largest absolute Gasteiger partial charge is 0.530 e. The molecule has 7 nitrogen and oxygen atoms in total. The first-order chi connectivity index (χ1) is 19.1. The van der Waals surface area contributed by atoms with Gasteiger partial charge in [0.2, 0.25) is 5.78 Å². The predicted octanol–water partition coefficient (Wildman–Crippen LogP) is 7.13. The predicted molar refractivity (Wildman–Crippen MR) is 151 cm³/mol. The fraction of sp³-hybridized carbons (Fsp3) is 0.250. The van der Waals surface area contributed by atoms with E-state index in [4.69, 9.17) is 18.3 Å². The van der Waals surface area contributed by atoms with Crippen molar-refractivity contribution < 1.29 is 32.5 Å². The van der Waals surface area contributed by atoms with Crippen LogP contribution < -0.4 is 4.74 Å². The van der Waals surface area contributed by atoms with Crippen molar-refractivity contribution in [2.75, 3.05) is 7.11 Å². The molecule has 0 heterocycles. The summed E-state index contributed by atoms with van der Waals surface area (Å²) in [6.45, 7) is 5.22. The standard InChI is InChI=1S/C32H31O7P/c1-31(2)27(33)17-18-32(3)26-19-24(36-4)15-16-25(26)28(34)29(30(31)32)39-40(35,37-20-22-11-7-5-8-12-22)38-21-23-13-9-6-10-14-23/h5-19H,20-21H2,1-4H3/t32-/m1/s1. The molecule has 40 heavy (non-hydrogen) atoms. The van der Waals surface area contributed by atoms with Crippen molar-refractivity contribution in [3.63, 3.8) is 0 Å². The number of benzene rings is 3. The molecule has 0 aromatic heterocycles. The number of allylic oxidation sites excluding steroid dienone is 4. The molecular weight excluding hydrogens is 527 g/mol. The van der Waals surface area contributed by atoms with Crippen LogP contribution in [0.2, 0.25) is 0 Å². The summed E-state index contributed by atoms with van der Waals surface area (Å²) in [5.74, 6) is -0.339. The molecule has 0 aliphatic heterocycles. The van der Waals surface area contributed by atoms with E-state index in [-0.39, 0.29) is 24.8 Å². The number of phosphoric ester groups is 1. The minimum atomic E-state index is -4.39. The van der Waals surface area contributed by atoms with Gasteiger partial charge in [-0.25, -0.2) is 4.57 Å². The van der Waals surface area contributed by atoms with E-state index >= 15 is 0 Å². The molecule has 3 aromatic rings. The molecule has 2 aliphatic rings. The Morgan fingerprint density at radius 3 is 1.93 bits per heavy atom. The quantitative estimate of drug-likeness (QED) is 0.258. The van der Waals surface area contributed by atoms with Crippen LogP contribution in [0.1, 0.15) is 47.8 Å². The maximum absolute atomic E-state index is 14.3. The second-order valence-electron chi connectivity index (χ2n) is 10.5. The number of fused-ring (bicyclic) bond motifs is 3. The first-order valence-corrected chi connectivity index (χ1v) is 14.4. The van der Waals surface area contributed by atoms with Crippen LogP contribution in [-0.4, -0.2) is 18.7 Å². The van der Waals surface area contributed by atoms with Crippen LogP contribution in [0.4, 0.5) is 0 Å². The molecule has 2 aliphatic carbocycles. The lowest BCUT2D eigenvalue weighted by atomic mass is 9.57. The Balaban J connectivity index is 1.61. The van der Waals surface area contributed by atoms with E-state index < -0.39 is 24.4 Å². The molecule has 0 amide bonds. The third kappa shape index (κ3) is 5.08. The Hall–Kier alpha value is -3.77. The summed E-state index contributed by atoms with van der Waals surface area (Å²) in [6.07, 6.45) is 3.28. The number of ether oxygens (including phenoxy) is 1. The molecule has 0 bridgehead atoms. The Morgan fingerprint density at radius 1 is 0.800 bits per heavy atom. The maximum atomic E-state index is 14.3. The Morgan fingerprint density at radius 2 is 1.38 bits per heavy atom. The van der Waals surface area contributed by atoms with Gasteiger partial charge in [-0.15, -0.1) is 0 Å². The molecular formula is C32H31O7P. The van der Waals surface area contributed by atoms with Gasteiger partial charge in [-0.3, -0.25) is 18.6 Å². The van der Waals surface area contributed by atoms with Gasteiger partial charge in [0.15, 0.2) is 11.5 Å². The van der Waals surface area contributed by atoms with Crippen molar-refractivity contribution >= 4 is 19.4 Å². The molecule has 0 spiro atoms. The lowest BCUT2D eigenvalue weighted by Crippen LogP contribution is -2.45. The van der Waals surface area contributed by atoms with Crippen molar-refractivity contribution in [3.05, 3.63) is 125 Å². The highest BCUT2D eigenvalue weighted by Gasteiger charge is 2.53. The number of hydrogen-bond donors (Lipinski definition) is 0. The smallest absolute Gasteiger partial charge is 0.497 e. The number of methoxy groups -OCH3 is 1. The summed E-state index contributed by atoms with van der Waals surface area (Å²) in [7, 11) is -2.84. The summed E-state index contributed by atoms with van der Waals surface area (Å²) >= 11 is 0. The van der Waals surface area contributed by atoms with Crippen molar-refractivity contribution in [1.29, 1.82) is 0 Å². The van der Waals surface area contributed by atoms with Crippen LogP contribution in [0.15, 0.2) is 102 Å². The van der Waals surface area contributed by atoms with Gasteiger partial charge in [-0.05, 0) is 61.7 Å². The third-order valence-electron chi connectivity index (χ3n) is 7.46. The van der Waals surface area contributed by atoms with Gasteiger partial charge >= 0.3 is 7.82 Å². The zero-order valence-corrected chi connectivity index (χ0v) is 23.8. The molecule has 8 heteroatoms. The zero-order valence-electron chi connectivity index (χ0n) is 22.9. The fourth-order valence-corrected chi connectivity index (χ4v) is 6.50. The molecule has 206 valence electrons. The van der Waals surface area contributed by atoms with Gasteiger partial charge in [0.05, 0.1) is 25.7 Å². The molecule has 0 saturated heterocycles. The summed E-state index contributed by atoms with van der Waals surface area (Å²) in [5, 5.41) is 0. The van der Waals surface area contributed by atoms with Gasteiger partial charge in [0, 0.05) is 16.6 Å². The number of carbonyl (C=O) groups excluding carboxylic acids is 2. The van der Waals surface area contributed by atoms with Gasteiger partial charge in [-0.2, -0.15) is 0 Å². The van der Waals surface area contributed by atoms with Crippen molar-refractivity contribution in [1.82, 2.24) is 0 Å². The maximum Gasteiger partial charge on any atom is 0.530 e. The number of Topliss-reactive ketones (excluding diaryl/α,β-unsaturated/α-hetero) is 1. The van der Waals surface area contributed by atoms with E-state index in [0.717, 1.165) is 11.1 Å². The number of rotatable bonds is 9. The van der Waals surface area contributed by atoms with Crippen LogP contribution in [-0.2, 0) is 41.6 Å². The Bertz CT molecular complexity index is 1510. The van der Waals surface area contributed by atoms with E-state index in [0.29, 0.717) is 22.4 Å². The number of ketones is 2. The van der Waals surface area contributed by atoms with Crippen LogP contribution in [0.3, 0.4) is 0 Å². The van der Waals surface area contributed by atoms with E-state index in [9.17, 15) is 14.2 Å². The van der Waals surface area contributed by atoms with Gasteiger partial charge in [-0.1, -0.05) is 66.7 Å². The molecule has 1 atom stereocenters. The van der Waals surface area contributed by atoms with E-state index in [1.54, 1.807) is 45.2 Å². The Labute approximate surface area is 234 Å². The minimum absolute atomic E-state index is 0.0724.